The van der Waals surface area contributed by atoms with E-state index in [0.29, 0.717) is 5.02 Å². The highest BCUT2D eigenvalue weighted by molar-refractivity contribution is 6.31. The molecule has 0 aliphatic heterocycles. The van der Waals surface area contributed by atoms with Gasteiger partial charge in [0.25, 0.3) is 0 Å². The first-order chi connectivity index (χ1) is 7.40. The number of methoxy groups -OCH3 is 1. The highest BCUT2D eigenvalue weighted by atomic mass is 35.5. The zero-order valence-corrected chi connectivity index (χ0v) is 10.6. The van der Waals surface area contributed by atoms with Crippen LogP contribution >= 0.6 is 11.6 Å². The van der Waals surface area contributed by atoms with Crippen molar-refractivity contribution in [2.45, 2.75) is 32.9 Å². The quantitative estimate of drug-likeness (QED) is 0.813. The van der Waals surface area contributed by atoms with Gasteiger partial charge in [-0.05, 0) is 20.8 Å². The van der Waals surface area contributed by atoms with Crippen molar-refractivity contribution in [3.8, 4) is 0 Å². The molecule has 2 atom stereocenters. The molecule has 2 unspecified atom stereocenters. The number of carbonyl (C=O) groups is 1. The number of rotatable bonds is 3. The Bertz CT molecular complexity index is 403. The molecule has 16 heavy (non-hydrogen) atoms. The maximum absolute atomic E-state index is 11.3. The summed E-state index contributed by atoms with van der Waals surface area (Å²) in [4.78, 5) is 11.3. The van der Waals surface area contributed by atoms with E-state index in [0.717, 1.165) is 11.4 Å². The minimum absolute atomic E-state index is 0.293. The SMILES string of the molecule is COC(=O)C(N)C(C)n1nc(C)c(Cl)c1C. The van der Waals surface area contributed by atoms with E-state index >= 15 is 0 Å². The summed E-state index contributed by atoms with van der Waals surface area (Å²) in [5, 5.41) is 4.85. The van der Waals surface area contributed by atoms with E-state index in [1.165, 1.54) is 7.11 Å². The van der Waals surface area contributed by atoms with Crippen LogP contribution in [0.2, 0.25) is 5.02 Å². The second-order valence-electron chi connectivity index (χ2n) is 3.72. The summed E-state index contributed by atoms with van der Waals surface area (Å²) in [7, 11) is 1.31. The zero-order valence-electron chi connectivity index (χ0n) is 9.82. The van der Waals surface area contributed by atoms with Crippen LogP contribution in [0.4, 0.5) is 0 Å². The third kappa shape index (κ3) is 2.20. The summed E-state index contributed by atoms with van der Waals surface area (Å²) in [5.74, 6) is -0.462. The van der Waals surface area contributed by atoms with Crippen molar-refractivity contribution in [3.05, 3.63) is 16.4 Å². The van der Waals surface area contributed by atoms with Crippen LogP contribution in [0.25, 0.3) is 0 Å². The predicted molar refractivity (Wildman–Crippen MR) is 61.4 cm³/mol. The van der Waals surface area contributed by atoms with Crippen molar-refractivity contribution in [2.75, 3.05) is 7.11 Å². The Balaban J connectivity index is 3.00. The minimum atomic E-state index is -0.751. The number of hydrogen-bond acceptors (Lipinski definition) is 4. The summed E-state index contributed by atoms with van der Waals surface area (Å²) in [6.45, 7) is 5.45. The number of aromatic nitrogens is 2. The van der Waals surface area contributed by atoms with Crippen molar-refractivity contribution in [1.29, 1.82) is 0 Å². The van der Waals surface area contributed by atoms with Crippen molar-refractivity contribution in [2.24, 2.45) is 5.73 Å². The fraction of sp³-hybridized carbons (Fsp3) is 0.600. The molecule has 1 heterocycles. The maximum atomic E-state index is 11.3. The molecule has 1 aromatic heterocycles. The van der Waals surface area contributed by atoms with Crippen molar-refractivity contribution in [3.63, 3.8) is 0 Å². The molecule has 0 aliphatic carbocycles. The Kier molecular flexibility index (Phi) is 3.93. The Morgan fingerprint density at radius 3 is 2.50 bits per heavy atom. The van der Waals surface area contributed by atoms with Gasteiger partial charge in [-0.2, -0.15) is 5.10 Å². The van der Waals surface area contributed by atoms with Crippen LogP contribution in [-0.2, 0) is 9.53 Å². The summed E-state index contributed by atoms with van der Waals surface area (Å²) in [6, 6.07) is -1.04. The first-order valence-corrected chi connectivity index (χ1v) is 5.32. The second-order valence-corrected chi connectivity index (χ2v) is 4.10. The van der Waals surface area contributed by atoms with Gasteiger partial charge in [0.15, 0.2) is 0 Å². The third-order valence-corrected chi connectivity index (χ3v) is 3.16. The van der Waals surface area contributed by atoms with Gasteiger partial charge in [0.2, 0.25) is 0 Å². The largest absolute Gasteiger partial charge is 0.468 e. The molecule has 2 N–H and O–H groups in total. The van der Waals surface area contributed by atoms with Crippen LogP contribution in [0.1, 0.15) is 24.4 Å². The van der Waals surface area contributed by atoms with Crippen molar-refractivity contribution >= 4 is 17.6 Å². The van der Waals surface area contributed by atoms with Crippen LogP contribution in [0.15, 0.2) is 0 Å². The Hall–Kier alpha value is -1.07. The molecule has 0 fully saturated rings. The molecular weight excluding hydrogens is 230 g/mol. The van der Waals surface area contributed by atoms with Crippen LogP contribution < -0.4 is 5.73 Å². The van der Waals surface area contributed by atoms with Gasteiger partial charge < -0.3 is 10.5 Å². The van der Waals surface area contributed by atoms with Crippen molar-refractivity contribution in [1.82, 2.24) is 9.78 Å². The van der Waals surface area contributed by atoms with Crippen molar-refractivity contribution < 1.29 is 9.53 Å². The molecule has 0 amide bonds. The van der Waals surface area contributed by atoms with Gasteiger partial charge >= 0.3 is 5.97 Å². The van der Waals surface area contributed by atoms with E-state index in [-0.39, 0.29) is 6.04 Å². The molecule has 0 saturated carbocycles. The topological polar surface area (TPSA) is 70.1 Å². The number of nitrogens with zero attached hydrogens (tertiary/aromatic N) is 2. The highest BCUT2D eigenvalue weighted by Gasteiger charge is 2.25. The minimum Gasteiger partial charge on any atom is -0.468 e. The second kappa shape index (κ2) is 4.84. The van der Waals surface area contributed by atoms with E-state index in [1.54, 1.807) is 11.6 Å². The monoisotopic (exact) mass is 245 g/mol. The lowest BCUT2D eigenvalue weighted by atomic mass is 10.1. The van der Waals surface area contributed by atoms with E-state index < -0.39 is 12.0 Å². The average molecular weight is 246 g/mol. The highest BCUT2D eigenvalue weighted by Crippen LogP contribution is 2.23. The molecule has 6 heteroatoms. The smallest absolute Gasteiger partial charge is 0.324 e. The number of esters is 1. The Morgan fingerprint density at radius 2 is 2.12 bits per heavy atom. The lowest BCUT2D eigenvalue weighted by molar-refractivity contribution is -0.143. The predicted octanol–water partition coefficient (Wildman–Crippen LogP) is 1.21. The van der Waals surface area contributed by atoms with E-state index in [9.17, 15) is 4.79 Å². The Morgan fingerprint density at radius 1 is 1.56 bits per heavy atom. The number of hydrogen-bond donors (Lipinski definition) is 1. The first kappa shape index (κ1) is 13.0. The van der Waals surface area contributed by atoms with Gasteiger partial charge in [0.1, 0.15) is 6.04 Å². The lowest BCUT2D eigenvalue weighted by Crippen LogP contribution is -2.39. The molecule has 0 aromatic carbocycles. The molecule has 0 bridgehead atoms. The Labute approximate surface area is 99.5 Å². The molecule has 1 aromatic rings. The summed E-state index contributed by atoms with van der Waals surface area (Å²) < 4.78 is 6.25. The first-order valence-electron chi connectivity index (χ1n) is 4.94. The number of carbonyl (C=O) groups excluding carboxylic acids is 1. The fourth-order valence-electron chi connectivity index (χ4n) is 1.52. The number of ether oxygens (including phenoxy) is 1. The molecule has 0 radical (unpaired) electrons. The summed E-state index contributed by atoms with van der Waals surface area (Å²) >= 11 is 6.02. The van der Waals surface area contributed by atoms with E-state index in [4.69, 9.17) is 17.3 Å². The zero-order chi connectivity index (χ0) is 12.5. The average Bonchev–Trinajstić information content (AvgIpc) is 2.54. The normalized spacial score (nSPS) is 14.6. The van der Waals surface area contributed by atoms with Gasteiger partial charge in [0, 0.05) is 0 Å². The third-order valence-electron chi connectivity index (χ3n) is 2.62. The van der Waals surface area contributed by atoms with Crippen LogP contribution in [0, 0.1) is 13.8 Å². The van der Waals surface area contributed by atoms with Gasteiger partial charge in [-0.25, -0.2) is 0 Å². The van der Waals surface area contributed by atoms with E-state index in [2.05, 4.69) is 9.84 Å². The molecule has 90 valence electrons. The number of nitrogens with two attached hydrogens (primary N) is 1. The molecule has 0 aliphatic rings. The molecule has 1 rings (SSSR count). The van der Waals surface area contributed by atoms with Crippen LogP contribution in [-0.4, -0.2) is 28.9 Å². The standard InChI is InChI=1S/C10H16ClN3O2/c1-5-8(11)6(2)14(13-5)7(3)9(12)10(15)16-4/h7,9H,12H2,1-4H3. The van der Waals surface area contributed by atoms with Gasteiger partial charge in [-0.3, -0.25) is 9.48 Å². The number of aryl methyl sites for hydroxylation is 1. The molecule has 0 saturated heterocycles. The maximum Gasteiger partial charge on any atom is 0.324 e. The van der Waals surface area contributed by atoms with E-state index in [1.807, 2.05) is 13.8 Å². The fourth-order valence-corrected chi connectivity index (χ4v) is 1.65. The van der Waals surface area contributed by atoms with Crippen LogP contribution in [0.5, 0.6) is 0 Å². The lowest BCUT2D eigenvalue weighted by Gasteiger charge is -2.19. The van der Waals surface area contributed by atoms with Gasteiger partial charge in [-0.15, -0.1) is 0 Å². The van der Waals surface area contributed by atoms with Crippen LogP contribution in [0.3, 0.4) is 0 Å². The van der Waals surface area contributed by atoms with Gasteiger partial charge in [-0.1, -0.05) is 11.6 Å². The summed E-state index contributed by atoms with van der Waals surface area (Å²) in [6.07, 6.45) is 0. The van der Waals surface area contributed by atoms with Gasteiger partial charge in [0.05, 0.1) is 29.6 Å². The molecule has 5 nitrogen and oxygen atoms in total. The number of halogens is 1. The summed E-state index contributed by atoms with van der Waals surface area (Å²) in [5.41, 5.74) is 7.28. The molecule has 0 spiro atoms. The molecular formula is C10H16ClN3O2.